The Bertz CT molecular complexity index is 702. The van der Waals surface area contributed by atoms with E-state index < -0.39 is 0 Å². The van der Waals surface area contributed by atoms with Gasteiger partial charge < -0.3 is 20.1 Å². The maximum Gasteiger partial charge on any atom is 0.269 e. The number of carbonyl (C=O) groups is 1. The standard InChI is InChI=1S/C18H23N3O3/c1-12(2)11-20-18(22)15-9-14(7-8-19-15)21-13-5-6-16(23-3)17(10-13)24-4/h5-10,12H,11H2,1-4H3,(H,19,21)(H,20,22). The number of ether oxygens (including phenoxy) is 2. The second kappa shape index (κ2) is 8.19. The van der Waals surface area contributed by atoms with E-state index in [-0.39, 0.29) is 5.91 Å². The van der Waals surface area contributed by atoms with Gasteiger partial charge in [0.05, 0.1) is 14.2 Å². The monoisotopic (exact) mass is 329 g/mol. The molecule has 2 aromatic rings. The molecule has 0 saturated heterocycles. The zero-order chi connectivity index (χ0) is 17.5. The fraction of sp³-hybridized carbons (Fsp3) is 0.333. The number of hydrogen-bond acceptors (Lipinski definition) is 5. The summed E-state index contributed by atoms with van der Waals surface area (Å²) in [5.41, 5.74) is 1.97. The summed E-state index contributed by atoms with van der Waals surface area (Å²) in [6.45, 7) is 4.71. The molecule has 1 heterocycles. The van der Waals surface area contributed by atoms with Gasteiger partial charge in [0.15, 0.2) is 11.5 Å². The van der Waals surface area contributed by atoms with Gasteiger partial charge in [-0.25, -0.2) is 0 Å². The molecule has 0 aliphatic carbocycles. The summed E-state index contributed by atoms with van der Waals surface area (Å²) in [6.07, 6.45) is 1.60. The summed E-state index contributed by atoms with van der Waals surface area (Å²) in [5.74, 6) is 1.50. The Balaban J connectivity index is 2.13. The zero-order valence-corrected chi connectivity index (χ0v) is 14.4. The van der Waals surface area contributed by atoms with Gasteiger partial charge in [0.25, 0.3) is 5.91 Å². The summed E-state index contributed by atoms with van der Waals surface area (Å²) in [4.78, 5) is 16.2. The summed E-state index contributed by atoms with van der Waals surface area (Å²) < 4.78 is 10.5. The Kier molecular flexibility index (Phi) is 6.01. The van der Waals surface area contributed by atoms with Crippen molar-refractivity contribution >= 4 is 17.3 Å². The van der Waals surface area contributed by atoms with Crippen LogP contribution < -0.4 is 20.1 Å². The summed E-state index contributed by atoms with van der Waals surface area (Å²) in [6, 6.07) is 9.04. The quantitative estimate of drug-likeness (QED) is 0.816. The topological polar surface area (TPSA) is 72.5 Å². The molecule has 2 rings (SSSR count). The first-order valence-corrected chi connectivity index (χ1v) is 7.76. The first-order valence-electron chi connectivity index (χ1n) is 7.76. The Morgan fingerprint density at radius 3 is 2.46 bits per heavy atom. The highest BCUT2D eigenvalue weighted by molar-refractivity contribution is 5.93. The Morgan fingerprint density at radius 1 is 1.08 bits per heavy atom. The number of hydrogen-bond donors (Lipinski definition) is 2. The van der Waals surface area contributed by atoms with Gasteiger partial charge in [0, 0.05) is 30.2 Å². The fourth-order valence-electron chi connectivity index (χ4n) is 2.10. The van der Waals surface area contributed by atoms with Crippen LogP contribution in [0.25, 0.3) is 0 Å². The van der Waals surface area contributed by atoms with E-state index in [2.05, 4.69) is 15.6 Å². The van der Waals surface area contributed by atoms with Crippen LogP contribution in [0.4, 0.5) is 11.4 Å². The van der Waals surface area contributed by atoms with Gasteiger partial charge >= 0.3 is 0 Å². The van der Waals surface area contributed by atoms with E-state index >= 15 is 0 Å². The molecule has 2 N–H and O–H groups in total. The normalized spacial score (nSPS) is 10.4. The van der Waals surface area contributed by atoms with Gasteiger partial charge in [0.1, 0.15) is 5.69 Å². The van der Waals surface area contributed by atoms with E-state index in [1.54, 1.807) is 32.5 Å². The molecule has 0 spiro atoms. The van der Waals surface area contributed by atoms with Gasteiger partial charge in [-0.2, -0.15) is 0 Å². The van der Waals surface area contributed by atoms with Gasteiger partial charge in [-0.1, -0.05) is 13.8 Å². The van der Waals surface area contributed by atoms with Crippen molar-refractivity contribution in [1.29, 1.82) is 0 Å². The molecule has 0 atom stereocenters. The second-order valence-electron chi connectivity index (χ2n) is 5.73. The van der Waals surface area contributed by atoms with Crippen LogP contribution in [0, 0.1) is 5.92 Å². The van der Waals surface area contributed by atoms with Crippen LogP contribution in [0.15, 0.2) is 36.5 Å². The van der Waals surface area contributed by atoms with E-state index in [1.165, 1.54) is 0 Å². The lowest BCUT2D eigenvalue weighted by molar-refractivity contribution is 0.0944. The SMILES string of the molecule is COc1ccc(Nc2ccnc(C(=O)NCC(C)C)c2)cc1OC. The molecular formula is C18H23N3O3. The van der Waals surface area contributed by atoms with E-state index in [0.29, 0.717) is 29.7 Å². The molecule has 0 aliphatic heterocycles. The van der Waals surface area contributed by atoms with E-state index in [4.69, 9.17) is 9.47 Å². The van der Waals surface area contributed by atoms with Crippen LogP contribution in [0.3, 0.4) is 0 Å². The van der Waals surface area contributed by atoms with Gasteiger partial charge in [-0.3, -0.25) is 9.78 Å². The third kappa shape index (κ3) is 4.62. The fourth-order valence-corrected chi connectivity index (χ4v) is 2.10. The van der Waals surface area contributed by atoms with Crippen molar-refractivity contribution in [2.75, 3.05) is 26.1 Å². The molecule has 1 amide bonds. The van der Waals surface area contributed by atoms with Gasteiger partial charge in [-0.15, -0.1) is 0 Å². The van der Waals surface area contributed by atoms with Crippen LogP contribution in [0.1, 0.15) is 24.3 Å². The molecule has 0 bridgehead atoms. The number of methoxy groups -OCH3 is 2. The average molecular weight is 329 g/mol. The van der Waals surface area contributed by atoms with Crippen LogP contribution in [0.5, 0.6) is 11.5 Å². The largest absolute Gasteiger partial charge is 0.493 e. The molecule has 1 aromatic heterocycles. The number of carbonyl (C=O) groups excluding carboxylic acids is 1. The number of rotatable bonds is 7. The molecule has 128 valence electrons. The Morgan fingerprint density at radius 2 is 1.79 bits per heavy atom. The molecule has 24 heavy (non-hydrogen) atoms. The smallest absolute Gasteiger partial charge is 0.269 e. The van der Waals surface area contributed by atoms with Crippen LogP contribution in [0.2, 0.25) is 0 Å². The van der Waals surface area contributed by atoms with Crippen molar-refractivity contribution in [2.45, 2.75) is 13.8 Å². The molecule has 0 saturated carbocycles. The highest BCUT2D eigenvalue weighted by Gasteiger charge is 2.09. The second-order valence-corrected chi connectivity index (χ2v) is 5.73. The number of amides is 1. The van der Waals surface area contributed by atoms with Crippen molar-refractivity contribution < 1.29 is 14.3 Å². The number of anilines is 2. The van der Waals surface area contributed by atoms with Crippen LogP contribution in [-0.4, -0.2) is 31.7 Å². The third-order valence-electron chi connectivity index (χ3n) is 3.34. The van der Waals surface area contributed by atoms with Crippen LogP contribution >= 0.6 is 0 Å². The summed E-state index contributed by atoms with van der Waals surface area (Å²) in [7, 11) is 3.18. The number of nitrogens with one attached hydrogen (secondary N) is 2. The minimum Gasteiger partial charge on any atom is -0.493 e. The van der Waals surface area contributed by atoms with Crippen molar-refractivity contribution in [3.63, 3.8) is 0 Å². The van der Waals surface area contributed by atoms with Crippen LogP contribution in [-0.2, 0) is 0 Å². The third-order valence-corrected chi connectivity index (χ3v) is 3.34. The summed E-state index contributed by atoms with van der Waals surface area (Å²) >= 11 is 0. The molecule has 1 aromatic carbocycles. The molecular weight excluding hydrogens is 306 g/mol. The lowest BCUT2D eigenvalue weighted by atomic mass is 10.2. The maximum atomic E-state index is 12.1. The molecule has 6 nitrogen and oxygen atoms in total. The maximum absolute atomic E-state index is 12.1. The van der Waals surface area contributed by atoms with E-state index in [1.807, 2.05) is 32.0 Å². The number of benzene rings is 1. The minimum absolute atomic E-state index is 0.181. The first kappa shape index (κ1) is 17.6. The van der Waals surface area contributed by atoms with Gasteiger partial charge in [-0.05, 0) is 30.2 Å². The first-order chi connectivity index (χ1) is 11.5. The average Bonchev–Trinajstić information content (AvgIpc) is 2.59. The van der Waals surface area contributed by atoms with E-state index in [0.717, 1.165) is 11.4 Å². The highest BCUT2D eigenvalue weighted by Crippen LogP contribution is 2.31. The predicted octanol–water partition coefficient (Wildman–Crippen LogP) is 3.23. The highest BCUT2D eigenvalue weighted by atomic mass is 16.5. The van der Waals surface area contributed by atoms with E-state index in [9.17, 15) is 4.79 Å². The molecule has 0 radical (unpaired) electrons. The zero-order valence-electron chi connectivity index (χ0n) is 14.4. The lowest BCUT2D eigenvalue weighted by Gasteiger charge is -2.12. The molecule has 0 fully saturated rings. The van der Waals surface area contributed by atoms with Crippen molar-refractivity contribution in [1.82, 2.24) is 10.3 Å². The predicted molar refractivity (Wildman–Crippen MR) is 94.2 cm³/mol. The number of pyridine rings is 1. The molecule has 0 aliphatic rings. The molecule has 0 unspecified atom stereocenters. The molecule has 6 heteroatoms. The van der Waals surface area contributed by atoms with Crippen molar-refractivity contribution in [2.24, 2.45) is 5.92 Å². The number of aromatic nitrogens is 1. The lowest BCUT2D eigenvalue weighted by Crippen LogP contribution is -2.28. The Hall–Kier alpha value is -2.76. The van der Waals surface area contributed by atoms with Crippen molar-refractivity contribution in [3.05, 3.63) is 42.2 Å². The number of nitrogens with zero attached hydrogens (tertiary/aromatic N) is 1. The van der Waals surface area contributed by atoms with Gasteiger partial charge in [0.2, 0.25) is 0 Å². The van der Waals surface area contributed by atoms with Crippen molar-refractivity contribution in [3.8, 4) is 11.5 Å². The minimum atomic E-state index is -0.181. The Labute approximate surface area is 142 Å². The summed E-state index contributed by atoms with van der Waals surface area (Å²) in [5, 5.41) is 6.09.